The van der Waals surface area contributed by atoms with E-state index in [2.05, 4.69) is 71.0 Å². The highest BCUT2D eigenvalue weighted by atomic mass is 16.5. The molecule has 0 bridgehead atoms. The molecule has 198 valence electrons. The predicted molar refractivity (Wildman–Crippen MR) is 158 cm³/mol. The maximum absolute atomic E-state index is 11.0. The maximum atomic E-state index is 11.0. The van der Waals surface area contributed by atoms with Crippen molar-refractivity contribution < 1.29 is 9.84 Å². The molecule has 0 radical (unpaired) electrons. The highest BCUT2D eigenvalue weighted by Crippen LogP contribution is 2.35. The number of ether oxygens (including phenoxy) is 1. The van der Waals surface area contributed by atoms with Crippen LogP contribution in [0.2, 0.25) is 0 Å². The molecule has 4 heteroatoms. The van der Waals surface area contributed by atoms with Crippen molar-refractivity contribution >= 4 is 0 Å². The van der Waals surface area contributed by atoms with Crippen molar-refractivity contribution in [3.8, 4) is 45.4 Å². The number of aromatic hydroxyl groups is 1. The first-order valence-corrected chi connectivity index (χ1v) is 13.9. The Hall–Kier alpha value is -3.66. The van der Waals surface area contributed by atoms with Crippen LogP contribution in [0.1, 0.15) is 67.7 Å². The van der Waals surface area contributed by atoms with Crippen molar-refractivity contribution in [1.82, 2.24) is 9.97 Å². The van der Waals surface area contributed by atoms with Gasteiger partial charge in [-0.15, -0.1) is 0 Å². The van der Waals surface area contributed by atoms with Gasteiger partial charge in [0.15, 0.2) is 5.82 Å². The largest absolute Gasteiger partial charge is 0.507 e. The first-order chi connectivity index (χ1) is 18.4. The zero-order valence-electron chi connectivity index (χ0n) is 23.5. The second-order valence-corrected chi connectivity index (χ2v) is 10.4. The van der Waals surface area contributed by atoms with Crippen molar-refractivity contribution in [1.29, 1.82) is 0 Å². The van der Waals surface area contributed by atoms with Crippen LogP contribution in [0.5, 0.6) is 11.5 Å². The van der Waals surface area contributed by atoms with Gasteiger partial charge in [-0.25, -0.2) is 9.97 Å². The van der Waals surface area contributed by atoms with Crippen LogP contribution in [0, 0.1) is 27.7 Å². The molecule has 38 heavy (non-hydrogen) atoms. The number of aromatic nitrogens is 2. The fourth-order valence-corrected chi connectivity index (χ4v) is 4.91. The molecule has 0 aliphatic heterocycles. The first-order valence-electron chi connectivity index (χ1n) is 13.9. The third kappa shape index (κ3) is 6.80. The van der Waals surface area contributed by atoms with Crippen LogP contribution in [-0.2, 0) is 0 Å². The highest BCUT2D eigenvalue weighted by Gasteiger charge is 2.16. The zero-order valence-corrected chi connectivity index (χ0v) is 23.5. The van der Waals surface area contributed by atoms with Crippen LogP contribution in [0.4, 0.5) is 0 Å². The summed E-state index contributed by atoms with van der Waals surface area (Å²) < 4.78 is 5.92. The Bertz CT molecular complexity index is 1320. The van der Waals surface area contributed by atoms with Gasteiger partial charge in [0.2, 0.25) is 0 Å². The molecule has 1 aromatic heterocycles. The molecule has 0 amide bonds. The lowest BCUT2D eigenvalue weighted by Gasteiger charge is -2.14. The van der Waals surface area contributed by atoms with Gasteiger partial charge >= 0.3 is 0 Å². The second kappa shape index (κ2) is 12.7. The van der Waals surface area contributed by atoms with E-state index in [9.17, 15) is 5.11 Å². The lowest BCUT2D eigenvalue weighted by molar-refractivity contribution is 0.303. The highest BCUT2D eigenvalue weighted by molar-refractivity contribution is 5.76. The number of hydrogen-bond acceptors (Lipinski definition) is 4. The van der Waals surface area contributed by atoms with Gasteiger partial charge in [0.1, 0.15) is 11.5 Å². The van der Waals surface area contributed by atoms with Crippen molar-refractivity contribution in [3.05, 3.63) is 82.9 Å². The fraction of sp³-hybridized carbons (Fsp3) is 0.353. The molecule has 0 unspecified atom stereocenters. The third-order valence-corrected chi connectivity index (χ3v) is 7.02. The van der Waals surface area contributed by atoms with E-state index >= 15 is 0 Å². The van der Waals surface area contributed by atoms with Crippen molar-refractivity contribution in [2.75, 3.05) is 6.61 Å². The van der Waals surface area contributed by atoms with Crippen LogP contribution >= 0.6 is 0 Å². The lowest BCUT2D eigenvalue weighted by atomic mass is 9.98. The Labute approximate surface area is 227 Å². The smallest absolute Gasteiger partial charge is 0.164 e. The minimum Gasteiger partial charge on any atom is -0.507 e. The topological polar surface area (TPSA) is 55.2 Å². The Balaban J connectivity index is 1.65. The van der Waals surface area contributed by atoms with E-state index in [0.29, 0.717) is 23.7 Å². The van der Waals surface area contributed by atoms with Crippen LogP contribution in [-0.4, -0.2) is 21.7 Å². The quantitative estimate of drug-likeness (QED) is 0.205. The summed E-state index contributed by atoms with van der Waals surface area (Å²) in [7, 11) is 0. The molecule has 0 saturated heterocycles. The summed E-state index contributed by atoms with van der Waals surface area (Å²) in [4.78, 5) is 9.85. The van der Waals surface area contributed by atoms with E-state index < -0.39 is 0 Å². The molecule has 0 aliphatic rings. The number of rotatable bonds is 11. The van der Waals surface area contributed by atoms with Gasteiger partial charge in [0.25, 0.3) is 0 Å². The van der Waals surface area contributed by atoms with Crippen molar-refractivity contribution in [2.24, 2.45) is 0 Å². The summed E-state index contributed by atoms with van der Waals surface area (Å²) in [6.07, 6.45) is 7.28. The van der Waals surface area contributed by atoms with Gasteiger partial charge in [-0.05, 0) is 63.4 Å². The summed E-state index contributed by atoms with van der Waals surface area (Å²) in [5.74, 6) is 1.28. The molecule has 0 spiro atoms. The fourth-order valence-electron chi connectivity index (χ4n) is 4.91. The van der Waals surface area contributed by atoms with Crippen LogP contribution in [0.3, 0.4) is 0 Å². The van der Waals surface area contributed by atoms with E-state index in [-0.39, 0.29) is 5.75 Å². The van der Waals surface area contributed by atoms with E-state index in [0.717, 1.165) is 40.1 Å². The third-order valence-electron chi connectivity index (χ3n) is 7.02. The van der Waals surface area contributed by atoms with Gasteiger partial charge in [0, 0.05) is 17.2 Å². The number of unbranched alkanes of at least 4 members (excludes halogenated alkanes) is 5. The van der Waals surface area contributed by atoms with Crippen molar-refractivity contribution in [3.63, 3.8) is 0 Å². The monoisotopic (exact) mass is 508 g/mol. The lowest BCUT2D eigenvalue weighted by Crippen LogP contribution is -2.00. The maximum Gasteiger partial charge on any atom is 0.164 e. The number of phenols is 1. The first kappa shape index (κ1) is 27.4. The Morgan fingerprint density at radius 2 is 1.18 bits per heavy atom. The molecule has 4 nitrogen and oxygen atoms in total. The molecule has 0 fully saturated rings. The molecule has 1 N–H and O–H groups in total. The minimum absolute atomic E-state index is 0.120. The van der Waals surface area contributed by atoms with Crippen LogP contribution < -0.4 is 4.74 Å². The summed E-state index contributed by atoms with van der Waals surface area (Å²) in [6.45, 7) is 11.3. The summed E-state index contributed by atoms with van der Waals surface area (Å²) >= 11 is 0. The SMILES string of the molecule is CCCCCCCCOc1ccc(-c2nc(-c3ccc(C)cc3C)cc(-c3ccc(C)cc3C)n2)c(O)c1. The molecule has 0 saturated carbocycles. The molecule has 4 rings (SSSR count). The molecule has 3 aromatic carbocycles. The molecule has 0 aliphatic carbocycles. The average molecular weight is 509 g/mol. The molecule has 1 heterocycles. The summed E-state index contributed by atoms with van der Waals surface area (Å²) in [6, 6.07) is 20.3. The Morgan fingerprint density at radius 1 is 0.632 bits per heavy atom. The predicted octanol–water partition coefficient (Wildman–Crippen LogP) is 9.16. The molecule has 0 atom stereocenters. The van der Waals surface area contributed by atoms with E-state index in [1.165, 1.54) is 43.2 Å². The van der Waals surface area contributed by atoms with Gasteiger partial charge in [-0.1, -0.05) is 86.6 Å². The van der Waals surface area contributed by atoms with E-state index in [1.807, 2.05) is 18.2 Å². The minimum atomic E-state index is 0.120. The number of benzene rings is 3. The number of aryl methyl sites for hydroxylation is 4. The van der Waals surface area contributed by atoms with Crippen molar-refractivity contribution in [2.45, 2.75) is 73.1 Å². The molecule has 4 aromatic rings. The Kier molecular flexibility index (Phi) is 9.17. The van der Waals surface area contributed by atoms with Gasteiger partial charge < -0.3 is 9.84 Å². The van der Waals surface area contributed by atoms with Crippen LogP contribution in [0.25, 0.3) is 33.9 Å². The van der Waals surface area contributed by atoms with Gasteiger partial charge in [-0.2, -0.15) is 0 Å². The van der Waals surface area contributed by atoms with Crippen LogP contribution in [0.15, 0.2) is 60.7 Å². The standard InChI is InChI=1S/C34H40N2O2/c1-6-7-8-9-10-11-18-38-27-14-17-30(33(37)21-27)34-35-31(28-15-12-23(2)19-25(28)4)22-32(36-34)29-16-13-24(3)20-26(29)5/h12-17,19-22,37H,6-11,18H2,1-5H3. The number of nitrogens with zero attached hydrogens (tertiary/aromatic N) is 2. The Morgan fingerprint density at radius 3 is 1.74 bits per heavy atom. The summed E-state index contributed by atoms with van der Waals surface area (Å²) in [5, 5.41) is 11.0. The van der Waals surface area contributed by atoms with E-state index in [1.54, 1.807) is 6.07 Å². The summed E-state index contributed by atoms with van der Waals surface area (Å²) in [5.41, 5.74) is 9.12. The molecular formula is C34H40N2O2. The number of hydrogen-bond donors (Lipinski definition) is 1. The average Bonchev–Trinajstić information content (AvgIpc) is 2.88. The number of phenolic OH excluding ortho intramolecular Hbond substituents is 1. The molecular weight excluding hydrogens is 468 g/mol. The normalized spacial score (nSPS) is 11.1. The van der Waals surface area contributed by atoms with Gasteiger partial charge in [-0.3, -0.25) is 0 Å². The van der Waals surface area contributed by atoms with Gasteiger partial charge in [0.05, 0.1) is 23.6 Å². The second-order valence-electron chi connectivity index (χ2n) is 10.4. The zero-order chi connectivity index (χ0) is 27.1. The van der Waals surface area contributed by atoms with E-state index in [4.69, 9.17) is 14.7 Å².